The average molecular weight is 249 g/mol. The van der Waals surface area contributed by atoms with Crippen LogP contribution in [-0.2, 0) is 6.42 Å². The summed E-state index contributed by atoms with van der Waals surface area (Å²) in [4.78, 5) is 13.6. The Hall–Kier alpha value is -1.75. The number of nitrogens with two attached hydrogens (primary N) is 1. The molecule has 0 aromatic heterocycles. The van der Waals surface area contributed by atoms with Crippen LogP contribution in [0.15, 0.2) is 24.3 Å². The number of ether oxygens (including phenoxy) is 1. The van der Waals surface area contributed by atoms with Crippen molar-refractivity contribution in [3.63, 3.8) is 0 Å². The normalized spacial score (nSPS) is 16.0. The Morgan fingerprint density at radius 3 is 2.67 bits per heavy atom. The van der Waals surface area contributed by atoms with Gasteiger partial charge in [0.05, 0.1) is 7.11 Å². The summed E-state index contributed by atoms with van der Waals surface area (Å²) in [6.45, 7) is 2.15. The minimum atomic E-state index is -0.0743. The third-order valence-corrected chi connectivity index (χ3v) is 3.17. The third-order valence-electron chi connectivity index (χ3n) is 3.17. The molecule has 98 valence electrons. The first-order valence-corrected chi connectivity index (χ1v) is 6.15. The summed E-state index contributed by atoms with van der Waals surface area (Å²) in [5, 5.41) is 1.29. The summed E-state index contributed by atoms with van der Waals surface area (Å²) in [7, 11) is 1.65. The van der Waals surface area contributed by atoms with Crippen LogP contribution in [-0.4, -0.2) is 42.7 Å². The Morgan fingerprint density at radius 1 is 1.28 bits per heavy atom. The zero-order valence-corrected chi connectivity index (χ0v) is 10.6. The molecule has 0 saturated carbocycles. The van der Waals surface area contributed by atoms with Gasteiger partial charge < -0.3 is 9.64 Å². The minimum absolute atomic E-state index is 0.0743. The van der Waals surface area contributed by atoms with Crippen molar-refractivity contribution in [2.45, 2.75) is 12.8 Å². The molecule has 0 radical (unpaired) electrons. The van der Waals surface area contributed by atoms with Gasteiger partial charge in [0.25, 0.3) is 0 Å². The first-order valence-electron chi connectivity index (χ1n) is 6.15. The molecule has 5 nitrogen and oxygen atoms in total. The van der Waals surface area contributed by atoms with Crippen LogP contribution in [0.5, 0.6) is 5.75 Å². The molecule has 1 aliphatic rings. The topological polar surface area (TPSA) is 58.8 Å². The second kappa shape index (κ2) is 5.73. The lowest BCUT2D eigenvalue weighted by molar-refractivity contribution is 0.131. The summed E-state index contributed by atoms with van der Waals surface area (Å²) in [6, 6.07) is 7.83. The van der Waals surface area contributed by atoms with E-state index in [0.717, 1.165) is 25.1 Å². The van der Waals surface area contributed by atoms with Crippen molar-refractivity contribution in [2.75, 3.05) is 26.7 Å². The lowest BCUT2D eigenvalue weighted by atomic mass is 10.1. The molecule has 1 fully saturated rings. The first-order chi connectivity index (χ1) is 8.70. The molecule has 0 unspecified atom stereocenters. The van der Waals surface area contributed by atoms with E-state index in [2.05, 4.69) is 0 Å². The number of carbonyl (C=O) groups is 1. The molecule has 1 aromatic carbocycles. The smallest absolute Gasteiger partial charge is 0.334 e. The monoisotopic (exact) mass is 249 g/mol. The largest absolute Gasteiger partial charge is 0.497 e. The quantitative estimate of drug-likeness (QED) is 0.645. The van der Waals surface area contributed by atoms with Crippen LogP contribution in [0.2, 0.25) is 0 Å². The van der Waals surface area contributed by atoms with Crippen molar-refractivity contribution in [1.29, 1.82) is 0 Å². The lowest BCUT2D eigenvalue weighted by Crippen LogP contribution is -2.52. The van der Waals surface area contributed by atoms with Gasteiger partial charge in [-0.05, 0) is 30.5 Å². The van der Waals surface area contributed by atoms with Crippen molar-refractivity contribution in [3.05, 3.63) is 29.8 Å². The highest BCUT2D eigenvalue weighted by molar-refractivity contribution is 5.74. The number of amides is 2. The van der Waals surface area contributed by atoms with Crippen LogP contribution in [0.1, 0.15) is 12.0 Å². The fraction of sp³-hybridized carbons (Fsp3) is 0.462. The maximum atomic E-state index is 11.8. The van der Waals surface area contributed by atoms with Crippen molar-refractivity contribution < 1.29 is 9.53 Å². The molecule has 1 saturated heterocycles. The number of nitrogens with zero attached hydrogens (tertiary/aromatic N) is 2. The van der Waals surface area contributed by atoms with E-state index in [1.165, 1.54) is 10.6 Å². The van der Waals surface area contributed by atoms with E-state index < -0.39 is 0 Å². The SMILES string of the molecule is COc1ccc(CCN2CCCN(N)C2=O)cc1. The van der Waals surface area contributed by atoms with E-state index in [9.17, 15) is 4.79 Å². The van der Waals surface area contributed by atoms with Gasteiger partial charge in [-0.1, -0.05) is 12.1 Å². The molecule has 0 bridgehead atoms. The van der Waals surface area contributed by atoms with Gasteiger partial charge in [-0.15, -0.1) is 0 Å². The maximum Gasteiger partial charge on any atom is 0.334 e. The summed E-state index contributed by atoms with van der Waals surface area (Å²) >= 11 is 0. The van der Waals surface area contributed by atoms with Crippen molar-refractivity contribution in [1.82, 2.24) is 9.91 Å². The molecule has 18 heavy (non-hydrogen) atoms. The fourth-order valence-corrected chi connectivity index (χ4v) is 2.07. The average Bonchev–Trinajstić information content (AvgIpc) is 2.41. The standard InChI is InChI=1S/C13H19N3O2/c1-18-12-5-3-11(4-6-12)7-10-15-8-2-9-16(14)13(15)17/h3-6H,2,7-10,14H2,1H3. The Bertz CT molecular complexity index is 405. The van der Waals surface area contributed by atoms with Crippen LogP contribution in [0.3, 0.4) is 0 Å². The molecular weight excluding hydrogens is 230 g/mol. The van der Waals surface area contributed by atoms with Gasteiger partial charge in [-0.2, -0.15) is 0 Å². The number of urea groups is 1. The number of hydrazine groups is 1. The highest BCUT2D eigenvalue weighted by atomic mass is 16.5. The molecule has 2 amide bonds. The maximum absolute atomic E-state index is 11.8. The number of rotatable bonds is 4. The molecule has 1 aromatic rings. The van der Waals surface area contributed by atoms with Crippen LogP contribution in [0, 0.1) is 0 Å². The fourth-order valence-electron chi connectivity index (χ4n) is 2.07. The van der Waals surface area contributed by atoms with E-state index in [-0.39, 0.29) is 6.03 Å². The predicted octanol–water partition coefficient (Wildman–Crippen LogP) is 1.24. The van der Waals surface area contributed by atoms with E-state index in [1.807, 2.05) is 24.3 Å². The molecule has 1 heterocycles. The summed E-state index contributed by atoms with van der Waals surface area (Å²) in [5.41, 5.74) is 1.19. The molecule has 2 N–H and O–H groups in total. The molecule has 0 spiro atoms. The second-order valence-corrected chi connectivity index (χ2v) is 4.41. The van der Waals surface area contributed by atoms with E-state index in [1.54, 1.807) is 12.0 Å². The number of hydrogen-bond donors (Lipinski definition) is 1. The highest BCUT2D eigenvalue weighted by Gasteiger charge is 2.22. The molecule has 0 aliphatic carbocycles. The van der Waals surface area contributed by atoms with E-state index >= 15 is 0 Å². The van der Waals surface area contributed by atoms with Gasteiger partial charge in [0.1, 0.15) is 5.75 Å². The van der Waals surface area contributed by atoms with Crippen LogP contribution >= 0.6 is 0 Å². The van der Waals surface area contributed by atoms with Gasteiger partial charge in [0, 0.05) is 19.6 Å². The van der Waals surface area contributed by atoms with Gasteiger partial charge >= 0.3 is 6.03 Å². The predicted molar refractivity (Wildman–Crippen MR) is 69.2 cm³/mol. The van der Waals surface area contributed by atoms with E-state index in [0.29, 0.717) is 13.1 Å². The Balaban J connectivity index is 1.88. The Labute approximate surface area is 107 Å². The highest BCUT2D eigenvalue weighted by Crippen LogP contribution is 2.13. The summed E-state index contributed by atoms with van der Waals surface area (Å²) in [6.07, 6.45) is 1.77. The summed E-state index contributed by atoms with van der Waals surface area (Å²) < 4.78 is 5.11. The molecule has 0 atom stereocenters. The second-order valence-electron chi connectivity index (χ2n) is 4.41. The van der Waals surface area contributed by atoms with Crippen LogP contribution in [0.25, 0.3) is 0 Å². The van der Waals surface area contributed by atoms with Crippen molar-refractivity contribution in [3.8, 4) is 5.75 Å². The Morgan fingerprint density at radius 2 is 2.00 bits per heavy atom. The van der Waals surface area contributed by atoms with Crippen molar-refractivity contribution >= 4 is 6.03 Å². The number of hydrogen-bond acceptors (Lipinski definition) is 3. The minimum Gasteiger partial charge on any atom is -0.497 e. The summed E-state index contributed by atoms with van der Waals surface area (Å²) in [5.74, 6) is 6.45. The third kappa shape index (κ3) is 2.92. The van der Waals surface area contributed by atoms with Crippen molar-refractivity contribution in [2.24, 2.45) is 5.84 Å². The molecule has 1 aliphatic heterocycles. The van der Waals surface area contributed by atoms with Gasteiger partial charge in [0.2, 0.25) is 0 Å². The van der Waals surface area contributed by atoms with Crippen LogP contribution in [0.4, 0.5) is 4.79 Å². The Kier molecular flexibility index (Phi) is 4.04. The lowest BCUT2D eigenvalue weighted by Gasteiger charge is -2.32. The molecule has 2 rings (SSSR count). The zero-order valence-electron chi connectivity index (χ0n) is 10.6. The van der Waals surface area contributed by atoms with Gasteiger partial charge in [-0.25, -0.2) is 10.6 Å². The zero-order chi connectivity index (χ0) is 13.0. The van der Waals surface area contributed by atoms with E-state index in [4.69, 9.17) is 10.6 Å². The first kappa shape index (κ1) is 12.7. The van der Waals surface area contributed by atoms with Gasteiger partial charge in [0.15, 0.2) is 0 Å². The van der Waals surface area contributed by atoms with Gasteiger partial charge in [-0.3, -0.25) is 5.01 Å². The van der Waals surface area contributed by atoms with Crippen LogP contribution < -0.4 is 10.6 Å². The molecule has 5 heteroatoms. The number of carbonyl (C=O) groups excluding carboxylic acids is 1. The number of methoxy groups -OCH3 is 1. The number of benzene rings is 1. The molecular formula is C13H19N3O2.